The predicted octanol–water partition coefficient (Wildman–Crippen LogP) is 3.73. The van der Waals surface area contributed by atoms with Crippen LogP contribution in [0.15, 0.2) is 30.3 Å². The molecule has 0 saturated carbocycles. The number of carbonyl (C=O) groups is 1. The number of benzene rings is 1. The summed E-state index contributed by atoms with van der Waals surface area (Å²) in [6.45, 7) is 1.14. The van der Waals surface area contributed by atoms with Crippen LogP contribution in [0.1, 0.15) is 37.1 Å². The lowest BCUT2D eigenvalue weighted by Gasteiger charge is -2.29. The lowest BCUT2D eigenvalue weighted by molar-refractivity contribution is -0.00462. The highest BCUT2D eigenvalue weighted by Crippen LogP contribution is 2.38. The average Bonchev–Trinajstić information content (AvgIpc) is 3.03. The molecule has 1 aromatic carbocycles. The highest BCUT2D eigenvalue weighted by molar-refractivity contribution is 7.90. The van der Waals surface area contributed by atoms with Crippen LogP contribution in [0.4, 0.5) is 26.7 Å². The highest BCUT2D eigenvalue weighted by Gasteiger charge is 2.57. The number of nitrogens with one attached hydrogen (secondary N) is 2. The van der Waals surface area contributed by atoms with E-state index in [9.17, 15) is 22.0 Å². The zero-order valence-electron chi connectivity index (χ0n) is 19.1. The van der Waals surface area contributed by atoms with Crippen molar-refractivity contribution >= 4 is 16.1 Å². The number of sulfonamides is 1. The normalized spacial score (nSPS) is 21.8. The van der Waals surface area contributed by atoms with Gasteiger partial charge in [-0.25, -0.2) is 44.9 Å². The number of carbonyl (C=O) groups excluding carboxylic acids is 1. The van der Waals surface area contributed by atoms with E-state index >= 15 is 13.2 Å². The number of nitrogens with zero attached hydrogens (tertiary/aromatic N) is 2. The number of alkyl halides is 4. The molecular formula is C22H23F5N4O4S. The number of urea groups is 1. The number of pyridine rings is 1. The van der Waals surface area contributed by atoms with Gasteiger partial charge in [-0.2, -0.15) is 0 Å². The Morgan fingerprint density at radius 3 is 2.61 bits per heavy atom. The molecule has 2 N–H and O–H groups in total. The second kappa shape index (κ2) is 9.47. The van der Waals surface area contributed by atoms with E-state index in [-0.39, 0.29) is 17.8 Å². The smallest absolute Gasteiger partial charge is 0.318 e. The van der Waals surface area contributed by atoms with Crippen LogP contribution < -0.4 is 14.8 Å². The quantitative estimate of drug-likeness (QED) is 0.583. The van der Waals surface area contributed by atoms with E-state index in [4.69, 9.17) is 4.74 Å². The second-order valence-electron chi connectivity index (χ2n) is 8.84. The summed E-state index contributed by atoms with van der Waals surface area (Å²) in [5.41, 5.74) is -0.734. The lowest BCUT2D eigenvalue weighted by atomic mass is 9.98. The molecule has 3 heterocycles. The molecule has 1 aromatic heterocycles. The fraction of sp³-hybridized carbons (Fsp3) is 0.455. The number of amides is 2. The summed E-state index contributed by atoms with van der Waals surface area (Å²) in [4.78, 5) is 17.6. The zero-order chi connectivity index (χ0) is 26.4. The third kappa shape index (κ3) is 4.96. The summed E-state index contributed by atoms with van der Waals surface area (Å²) < 4.78 is 105. The topological polar surface area (TPSA) is 101 Å². The minimum atomic E-state index is -4.20. The number of hydrogen-bond acceptors (Lipinski definition) is 5. The molecule has 2 amide bonds. The van der Waals surface area contributed by atoms with Crippen LogP contribution >= 0.6 is 0 Å². The molecule has 0 aliphatic carbocycles. The standard InChI is InChI=1S/C22H23F5N4O4S/c1-11(2)36(33,34)30-18-15-8-12-4-3-5-16(17(12)23)35-20-14(19(24)25)7-6-13(29-20)9-28-21(32)31(15)10-22(18,26)27/h3-7,11,15,18-19,30H,8-10H2,1-2H3,(H,28,32)/t15-,18+/m0/s1. The number of halogens is 5. The summed E-state index contributed by atoms with van der Waals surface area (Å²) in [5, 5.41) is 1.35. The summed E-state index contributed by atoms with van der Waals surface area (Å²) in [5.74, 6) is -5.75. The molecule has 0 unspecified atom stereocenters. The fourth-order valence-corrected chi connectivity index (χ4v) is 5.01. The van der Waals surface area contributed by atoms with Gasteiger partial charge in [0.1, 0.15) is 6.04 Å². The van der Waals surface area contributed by atoms with Gasteiger partial charge in [0.2, 0.25) is 15.9 Å². The van der Waals surface area contributed by atoms with Crippen LogP contribution in [0.5, 0.6) is 11.6 Å². The fourth-order valence-electron chi connectivity index (χ4n) is 4.06. The van der Waals surface area contributed by atoms with Crippen LogP contribution in [0.3, 0.4) is 0 Å². The number of hydrogen-bond donors (Lipinski definition) is 2. The maximum atomic E-state index is 15.4. The summed E-state index contributed by atoms with van der Waals surface area (Å²) in [6, 6.07) is 1.43. The van der Waals surface area contributed by atoms with Crippen molar-refractivity contribution in [3.8, 4) is 11.6 Å². The van der Waals surface area contributed by atoms with Gasteiger partial charge in [0.15, 0.2) is 11.6 Å². The first kappa shape index (κ1) is 26.1. The molecule has 0 radical (unpaired) electrons. The Morgan fingerprint density at radius 1 is 1.22 bits per heavy atom. The SMILES string of the molecule is CC(C)S(=O)(=O)N[C@@H]1[C@@H]2Cc3cccc(c3F)Oc3nc(ccc3C(F)F)CNC(=O)N2CC1(F)F. The maximum absolute atomic E-state index is 15.4. The van der Waals surface area contributed by atoms with Gasteiger partial charge in [0.25, 0.3) is 12.3 Å². The van der Waals surface area contributed by atoms with Crippen LogP contribution in [-0.4, -0.2) is 54.1 Å². The number of rotatable bonds is 4. The van der Waals surface area contributed by atoms with Gasteiger partial charge in [-0.05, 0) is 44.0 Å². The predicted molar refractivity (Wildman–Crippen MR) is 118 cm³/mol. The van der Waals surface area contributed by atoms with Gasteiger partial charge in [-0.15, -0.1) is 0 Å². The number of aromatic nitrogens is 1. The third-order valence-electron chi connectivity index (χ3n) is 6.08. The Hall–Kier alpha value is -3.00. The summed E-state index contributed by atoms with van der Waals surface area (Å²) in [7, 11) is -4.20. The van der Waals surface area contributed by atoms with Crippen LogP contribution in [0.2, 0.25) is 0 Å². The van der Waals surface area contributed by atoms with Gasteiger partial charge in [-0.3, -0.25) is 0 Å². The highest BCUT2D eigenvalue weighted by atomic mass is 32.2. The van der Waals surface area contributed by atoms with Gasteiger partial charge >= 0.3 is 6.03 Å². The van der Waals surface area contributed by atoms with Crippen molar-refractivity contribution in [1.82, 2.24) is 19.9 Å². The van der Waals surface area contributed by atoms with E-state index < -0.39 is 81.7 Å². The van der Waals surface area contributed by atoms with Gasteiger partial charge in [0.05, 0.1) is 35.6 Å². The molecule has 4 bridgehead atoms. The molecule has 196 valence electrons. The lowest BCUT2D eigenvalue weighted by Crippen LogP contribution is -2.54. The minimum absolute atomic E-state index is 0.0538. The van der Waals surface area contributed by atoms with Crippen molar-refractivity contribution in [2.24, 2.45) is 0 Å². The monoisotopic (exact) mass is 534 g/mol. The molecule has 0 spiro atoms. The molecule has 2 aliphatic heterocycles. The Labute approximate surface area is 203 Å². The largest absolute Gasteiger partial charge is 0.435 e. The zero-order valence-corrected chi connectivity index (χ0v) is 20.0. The molecule has 1 saturated heterocycles. The minimum Gasteiger partial charge on any atom is -0.435 e. The van der Waals surface area contributed by atoms with Crippen molar-refractivity contribution in [3.05, 3.63) is 53.0 Å². The molecule has 2 aromatic rings. The molecule has 36 heavy (non-hydrogen) atoms. The van der Waals surface area contributed by atoms with E-state index in [0.717, 1.165) is 17.0 Å². The van der Waals surface area contributed by atoms with Crippen LogP contribution in [-0.2, 0) is 23.0 Å². The number of fused-ring (bicyclic) bond motifs is 5. The van der Waals surface area contributed by atoms with Crippen molar-refractivity contribution in [1.29, 1.82) is 0 Å². The van der Waals surface area contributed by atoms with Gasteiger partial charge < -0.3 is 15.0 Å². The first-order valence-electron chi connectivity index (χ1n) is 11.0. The molecule has 1 fully saturated rings. The molecular weight excluding hydrogens is 511 g/mol. The van der Waals surface area contributed by atoms with E-state index in [1.807, 2.05) is 4.72 Å². The van der Waals surface area contributed by atoms with E-state index in [1.54, 1.807) is 0 Å². The second-order valence-corrected chi connectivity index (χ2v) is 11.1. The molecule has 8 nitrogen and oxygen atoms in total. The average molecular weight is 535 g/mol. The van der Waals surface area contributed by atoms with E-state index in [1.165, 1.54) is 32.0 Å². The molecule has 2 atom stereocenters. The van der Waals surface area contributed by atoms with Crippen LogP contribution in [0, 0.1) is 5.82 Å². The Morgan fingerprint density at radius 2 is 1.94 bits per heavy atom. The first-order chi connectivity index (χ1) is 16.8. The Balaban J connectivity index is 1.81. The summed E-state index contributed by atoms with van der Waals surface area (Å²) in [6.07, 6.45) is -3.50. The van der Waals surface area contributed by atoms with E-state index in [2.05, 4.69) is 10.3 Å². The summed E-state index contributed by atoms with van der Waals surface area (Å²) >= 11 is 0. The molecule has 14 heteroatoms. The first-order valence-corrected chi connectivity index (χ1v) is 12.5. The third-order valence-corrected chi connectivity index (χ3v) is 7.90. The van der Waals surface area contributed by atoms with E-state index in [0.29, 0.717) is 0 Å². The van der Waals surface area contributed by atoms with Crippen molar-refractivity contribution < 1.29 is 39.9 Å². The molecule has 2 aliphatic rings. The van der Waals surface area contributed by atoms with Crippen LogP contribution in [0.25, 0.3) is 0 Å². The maximum Gasteiger partial charge on any atom is 0.318 e. The Bertz CT molecular complexity index is 1280. The molecule has 4 rings (SSSR count). The van der Waals surface area contributed by atoms with Crippen molar-refractivity contribution in [3.63, 3.8) is 0 Å². The van der Waals surface area contributed by atoms with Crippen molar-refractivity contribution in [2.75, 3.05) is 6.54 Å². The van der Waals surface area contributed by atoms with Crippen molar-refractivity contribution in [2.45, 2.75) is 56.5 Å². The Kier molecular flexibility index (Phi) is 6.86. The van der Waals surface area contributed by atoms with Gasteiger partial charge in [0, 0.05) is 0 Å². The number of ether oxygens (including phenoxy) is 1. The van der Waals surface area contributed by atoms with Gasteiger partial charge in [-0.1, -0.05) is 12.1 Å².